The Kier molecular flexibility index (Phi) is 7.53. The van der Waals surface area contributed by atoms with Gasteiger partial charge in [0.15, 0.2) is 0 Å². The second-order valence-electron chi connectivity index (χ2n) is 6.00. The lowest BCUT2D eigenvalue weighted by molar-refractivity contribution is 0.0762. The first kappa shape index (κ1) is 21.5. The Balaban J connectivity index is 2.17. The van der Waals surface area contributed by atoms with E-state index in [0.29, 0.717) is 24.3 Å². The van der Waals surface area contributed by atoms with E-state index in [4.69, 9.17) is 23.2 Å². The average molecular weight is 429 g/mol. The molecule has 0 aliphatic rings. The molecule has 27 heavy (non-hydrogen) atoms. The van der Waals surface area contributed by atoms with Crippen molar-refractivity contribution in [1.29, 1.82) is 0 Å². The van der Waals surface area contributed by atoms with Gasteiger partial charge in [0.2, 0.25) is 0 Å². The Hall–Kier alpha value is -1.76. The van der Waals surface area contributed by atoms with E-state index >= 15 is 0 Å². The van der Waals surface area contributed by atoms with Crippen LogP contribution in [-0.2, 0) is 10.0 Å². The van der Waals surface area contributed by atoms with Gasteiger partial charge in [-0.05, 0) is 55.8 Å². The molecule has 1 amide bonds. The van der Waals surface area contributed by atoms with E-state index < -0.39 is 10.0 Å². The third-order valence-electron chi connectivity index (χ3n) is 4.02. The van der Waals surface area contributed by atoms with E-state index in [1.807, 2.05) is 6.92 Å². The maximum Gasteiger partial charge on any atom is 0.263 e. The molecular formula is C19H22Cl2N2O3S. The standard InChI is InChI=1S/C19H22Cl2N2O3S/c1-3-5-12-23(4-2)19(24)14-6-9-16(10-7-14)22-27(25,26)18-13-15(20)8-11-17(18)21/h6-11,13,22H,3-5,12H2,1-2H3. The van der Waals surface area contributed by atoms with Gasteiger partial charge in [-0.3, -0.25) is 9.52 Å². The number of halogens is 2. The van der Waals surface area contributed by atoms with Crippen molar-refractivity contribution in [2.45, 2.75) is 31.6 Å². The third kappa shape index (κ3) is 5.61. The van der Waals surface area contributed by atoms with Gasteiger partial charge in [0.1, 0.15) is 4.90 Å². The lowest BCUT2D eigenvalue weighted by atomic mass is 10.1. The first-order valence-electron chi connectivity index (χ1n) is 8.65. The summed E-state index contributed by atoms with van der Waals surface area (Å²) in [5.74, 6) is -0.0711. The Morgan fingerprint density at radius 3 is 2.33 bits per heavy atom. The van der Waals surface area contributed by atoms with E-state index in [9.17, 15) is 13.2 Å². The van der Waals surface area contributed by atoms with Crippen LogP contribution in [0.25, 0.3) is 0 Å². The number of hydrogen-bond acceptors (Lipinski definition) is 3. The molecule has 0 bridgehead atoms. The third-order valence-corrected chi connectivity index (χ3v) is 6.12. The van der Waals surface area contributed by atoms with Crippen molar-refractivity contribution >= 4 is 44.8 Å². The zero-order valence-electron chi connectivity index (χ0n) is 15.2. The van der Waals surface area contributed by atoms with Crippen molar-refractivity contribution in [2.24, 2.45) is 0 Å². The molecule has 1 N–H and O–H groups in total. The Bertz CT molecular complexity index is 900. The van der Waals surface area contributed by atoms with Crippen molar-refractivity contribution in [3.05, 3.63) is 58.1 Å². The quantitative estimate of drug-likeness (QED) is 0.638. The van der Waals surface area contributed by atoms with Gasteiger partial charge < -0.3 is 4.90 Å². The predicted octanol–water partition coefficient (Wildman–Crippen LogP) is 5.06. The highest BCUT2D eigenvalue weighted by Gasteiger charge is 2.19. The maximum absolute atomic E-state index is 12.5. The minimum absolute atomic E-state index is 0.0711. The van der Waals surface area contributed by atoms with Crippen LogP contribution in [-0.4, -0.2) is 32.3 Å². The van der Waals surface area contributed by atoms with Gasteiger partial charge in [-0.2, -0.15) is 0 Å². The molecule has 0 atom stereocenters. The normalized spacial score (nSPS) is 11.3. The van der Waals surface area contributed by atoms with Gasteiger partial charge in [0.25, 0.3) is 15.9 Å². The molecule has 0 heterocycles. The summed E-state index contributed by atoms with van der Waals surface area (Å²) in [6.45, 7) is 5.34. The van der Waals surface area contributed by atoms with Gasteiger partial charge >= 0.3 is 0 Å². The molecule has 8 heteroatoms. The molecular weight excluding hydrogens is 407 g/mol. The van der Waals surface area contributed by atoms with Crippen LogP contribution < -0.4 is 4.72 Å². The maximum atomic E-state index is 12.5. The lowest BCUT2D eigenvalue weighted by Gasteiger charge is -2.20. The summed E-state index contributed by atoms with van der Waals surface area (Å²) in [5, 5.41) is 0.348. The summed E-state index contributed by atoms with van der Waals surface area (Å²) >= 11 is 11.8. The number of carbonyl (C=O) groups excluding carboxylic acids is 1. The minimum atomic E-state index is -3.89. The molecule has 0 aliphatic heterocycles. The van der Waals surface area contributed by atoms with Crippen LogP contribution in [0.1, 0.15) is 37.0 Å². The van der Waals surface area contributed by atoms with Gasteiger partial charge in [-0.25, -0.2) is 8.42 Å². The fraction of sp³-hybridized carbons (Fsp3) is 0.316. The predicted molar refractivity (Wildman–Crippen MR) is 110 cm³/mol. The number of hydrogen-bond donors (Lipinski definition) is 1. The van der Waals surface area contributed by atoms with Crippen molar-refractivity contribution < 1.29 is 13.2 Å². The number of unbranched alkanes of at least 4 members (excludes halogenated alkanes) is 1. The van der Waals surface area contributed by atoms with Crippen molar-refractivity contribution in [3.8, 4) is 0 Å². The molecule has 0 aromatic heterocycles. The average Bonchev–Trinajstić information content (AvgIpc) is 2.64. The monoisotopic (exact) mass is 428 g/mol. The van der Waals surface area contributed by atoms with Gasteiger partial charge in [0, 0.05) is 29.4 Å². The highest BCUT2D eigenvalue weighted by Crippen LogP contribution is 2.27. The number of nitrogens with zero attached hydrogens (tertiary/aromatic N) is 1. The number of anilines is 1. The van der Waals surface area contributed by atoms with Gasteiger partial charge in [-0.15, -0.1) is 0 Å². The SMILES string of the molecule is CCCCN(CC)C(=O)c1ccc(NS(=O)(=O)c2cc(Cl)ccc2Cl)cc1. The van der Waals surface area contributed by atoms with E-state index in [1.54, 1.807) is 29.2 Å². The molecule has 146 valence electrons. The van der Waals surface area contributed by atoms with E-state index in [0.717, 1.165) is 12.8 Å². The molecule has 2 aromatic rings. The van der Waals surface area contributed by atoms with Crippen LogP contribution in [0.5, 0.6) is 0 Å². The van der Waals surface area contributed by atoms with E-state index in [2.05, 4.69) is 11.6 Å². The number of amides is 1. The molecule has 0 fully saturated rings. The molecule has 0 saturated carbocycles. The highest BCUT2D eigenvalue weighted by molar-refractivity contribution is 7.92. The van der Waals surface area contributed by atoms with Crippen LogP contribution in [0.4, 0.5) is 5.69 Å². The molecule has 0 radical (unpaired) electrons. The van der Waals surface area contributed by atoms with Crippen LogP contribution >= 0.6 is 23.2 Å². The molecule has 0 aliphatic carbocycles. The Morgan fingerprint density at radius 2 is 1.74 bits per heavy atom. The van der Waals surface area contributed by atoms with Gasteiger partial charge in [-0.1, -0.05) is 36.5 Å². The zero-order chi connectivity index (χ0) is 20.0. The number of nitrogens with one attached hydrogen (secondary N) is 1. The lowest BCUT2D eigenvalue weighted by Crippen LogP contribution is -2.31. The topological polar surface area (TPSA) is 66.5 Å². The summed E-state index contributed by atoms with van der Waals surface area (Å²) < 4.78 is 27.5. The zero-order valence-corrected chi connectivity index (χ0v) is 17.5. The van der Waals surface area contributed by atoms with Crippen LogP contribution in [0.15, 0.2) is 47.4 Å². The minimum Gasteiger partial charge on any atom is -0.339 e. The summed E-state index contributed by atoms with van der Waals surface area (Å²) in [7, 11) is -3.89. The summed E-state index contributed by atoms with van der Waals surface area (Å²) in [5.41, 5.74) is 0.843. The number of sulfonamides is 1. The molecule has 0 spiro atoms. The second-order valence-corrected chi connectivity index (χ2v) is 8.49. The first-order chi connectivity index (χ1) is 12.8. The number of benzene rings is 2. The van der Waals surface area contributed by atoms with Crippen LogP contribution in [0.3, 0.4) is 0 Å². The molecule has 2 rings (SSSR count). The summed E-state index contributed by atoms with van der Waals surface area (Å²) in [4.78, 5) is 14.2. The molecule has 0 unspecified atom stereocenters. The largest absolute Gasteiger partial charge is 0.339 e. The fourth-order valence-electron chi connectivity index (χ4n) is 2.51. The molecule has 2 aromatic carbocycles. The second kappa shape index (κ2) is 9.44. The van der Waals surface area contributed by atoms with Crippen molar-refractivity contribution in [2.75, 3.05) is 17.8 Å². The summed E-state index contributed by atoms with van der Waals surface area (Å²) in [6, 6.07) is 10.5. The van der Waals surface area contributed by atoms with Gasteiger partial charge in [0.05, 0.1) is 5.02 Å². The van der Waals surface area contributed by atoms with Crippen molar-refractivity contribution in [1.82, 2.24) is 4.90 Å². The molecule has 5 nitrogen and oxygen atoms in total. The van der Waals surface area contributed by atoms with Crippen molar-refractivity contribution in [3.63, 3.8) is 0 Å². The van der Waals surface area contributed by atoms with E-state index in [1.165, 1.54) is 18.2 Å². The number of carbonyl (C=O) groups is 1. The van der Waals surface area contributed by atoms with Crippen LogP contribution in [0.2, 0.25) is 10.0 Å². The van der Waals surface area contributed by atoms with E-state index in [-0.39, 0.29) is 20.8 Å². The smallest absolute Gasteiger partial charge is 0.263 e. The van der Waals surface area contributed by atoms with Crippen LogP contribution in [0, 0.1) is 0 Å². The first-order valence-corrected chi connectivity index (χ1v) is 10.9. The Labute approximate surface area is 170 Å². The number of rotatable bonds is 8. The highest BCUT2D eigenvalue weighted by atomic mass is 35.5. The fourth-order valence-corrected chi connectivity index (χ4v) is 4.33. The molecule has 0 saturated heterocycles. The summed E-state index contributed by atoms with van der Waals surface area (Å²) in [6.07, 6.45) is 1.95. The Morgan fingerprint density at radius 1 is 1.07 bits per heavy atom.